The standard InChI is InChI=1S/C15H23BrN4O/c1-10-14(16)9-20(18-10)6-5-15(21)17-11-7-12-3-4-13(8-11)19(12)2/h9,11-13H,3-8H2,1-2H3,(H,17,21). The lowest BCUT2D eigenvalue weighted by molar-refractivity contribution is -0.122. The van der Waals surface area contributed by atoms with Gasteiger partial charge < -0.3 is 10.2 Å². The minimum Gasteiger partial charge on any atom is -0.353 e. The first kappa shape index (κ1) is 15.0. The van der Waals surface area contributed by atoms with Crippen LogP contribution in [0.25, 0.3) is 0 Å². The third-order valence-electron chi connectivity index (χ3n) is 4.92. The maximum atomic E-state index is 12.1. The van der Waals surface area contributed by atoms with Gasteiger partial charge in [0, 0.05) is 37.3 Å². The van der Waals surface area contributed by atoms with E-state index in [0.717, 1.165) is 23.0 Å². The summed E-state index contributed by atoms with van der Waals surface area (Å²) in [5, 5.41) is 7.57. The van der Waals surface area contributed by atoms with Crippen molar-refractivity contribution in [2.75, 3.05) is 7.05 Å². The van der Waals surface area contributed by atoms with Crippen LogP contribution in [0.1, 0.15) is 37.8 Å². The fourth-order valence-electron chi connectivity index (χ4n) is 3.65. The van der Waals surface area contributed by atoms with Crippen molar-refractivity contribution in [1.29, 1.82) is 0 Å². The summed E-state index contributed by atoms with van der Waals surface area (Å²) in [6.45, 7) is 2.59. The molecule has 0 radical (unpaired) electrons. The van der Waals surface area contributed by atoms with Gasteiger partial charge in [-0.2, -0.15) is 5.10 Å². The maximum absolute atomic E-state index is 12.1. The number of fused-ring (bicyclic) bond motifs is 2. The first-order chi connectivity index (χ1) is 10.0. The number of rotatable bonds is 4. The van der Waals surface area contributed by atoms with Crippen LogP contribution in [-0.2, 0) is 11.3 Å². The number of carbonyl (C=O) groups is 1. The van der Waals surface area contributed by atoms with E-state index in [1.54, 1.807) is 0 Å². The first-order valence-electron chi connectivity index (χ1n) is 7.74. The van der Waals surface area contributed by atoms with Gasteiger partial charge >= 0.3 is 0 Å². The number of hydrogen-bond acceptors (Lipinski definition) is 3. The van der Waals surface area contributed by atoms with E-state index < -0.39 is 0 Å². The normalized spacial score (nSPS) is 28.8. The van der Waals surface area contributed by atoms with Gasteiger partial charge in [-0.3, -0.25) is 9.48 Å². The third-order valence-corrected chi connectivity index (χ3v) is 5.70. The van der Waals surface area contributed by atoms with Crippen molar-refractivity contribution < 1.29 is 4.79 Å². The molecule has 3 heterocycles. The summed E-state index contributed by atoms with van der Waals surface area (Å²) in [7, 11) is 2.22. The lowest BCUT2D eigenvalue weighted by Gasteiger charge is -2.36. The summed E-state index contributed by atoms with van der Waals surface area (Å²) in [6.07, 6.45) is 7.20. The molecule has 2 fully saturated rings. The molecule has 2 saturated heterocycles. The summed E-state index contributed by atoms with van der Waals surface area (Å²) in [5.41, 5.74) is 0.960. The number of aryl methyl sites for hydroxylation is 2. The van der Waals surface area contributed by atoms with Gasteiger partial charge in [0.1, 0.15) is 0 Å². The zero-order valence-corrected chi connectivity index (χ0v) is 14.3. The van der Waals surface area contributed by atoms with E-state index >= 15 is 0 Å². The van der Waals surface area contributed by atoms with Crippen molar-refractivity contribution in [1.82, 2.24) is 20.0 Å². The highest BCUT2D eigenvalue weighted by atomic mass is 79.9. The molecule has 2 unspecified atom stereocenters. The van der Waals surface area contributed by atoms with E-state index in [2.05, 4.69) is 38.3 Å². The number of nitrogens with zero attached hydrogens (tertiary/aromatic N) is 3. The summed E-state index contributed by atoms with van der Waals surface area (Å²) in [5.74, 6) is 0.147. The Bertz CT molecular complexity index is 496. The topological polar surface area (TPSA) is 50.2 Å². The van der Waals surface area contributed by atoms with Crippen LogP contribution in [0, 0.1) is 6.92 Å². The minimum absolute atomic E-state index is 0.147. The molecule has 1 aromatic rings. The first-order valence-corrected chi connectivity index (χ1v) is 8.53. The van der Waals surface area contributed by atoms with Crippen LogP contribution in [0.5, 0.6) is 0 Å². The molecule has 0 aromatic carbocycles. The predicted molar refractivity (Wildman–Crippen MR) is 85.0 cm³/mol. The van der Waals surface area contributed by atoms with E-state index in [1.165, 1.54) is 12.8 Å². The second-order valence-electron chi connectivity index (χ2n) is 6.36. The van der Waals surface area contributed by atoms with Crippen molar-refractivity contribution in [3.05, 3.63) is 16.4 Å². The van der Waals surface area contributed by atoms with Crippen molar-refractivity contribution in [2.45, 2.75) is 63.7 Å². The Morgan fingerprint density at radius 1 is 1.43 bits per heavy atom. The SMILES string of the molecule is Cc1nn(CCC(=O)NC2CC3CCC(C2)N3C)cc1Br. The number of halogens is 1. The van der Waals surface area contributed by atoms with Crippen molar-refractivity contribution in [2.24, 2.45) is 0 Å². The molecule has 0 saturated carbocycles. The van der Waals surface area contributed by atoms with Gasteiger partial charge in [-0.25, -0.2) is 0 Å². The lowest BCUT2D eigenvalue weighted by atomic mass is 9.98. The van der Waals surface area contributed by atoms with Gasteiger partial charge in [-0.15, -0.1) is 0 Å². The molecule has 116 valence electrons. The molecule has 2 aliphatic rings. The molecule has 21 heavy (non-hydrogen) atoms. The molecule has 5 nitrogen and oxygen atoms in total. The predicted octanol–water partition coefficient (Wildman–Crippen LogP) is 2.09. The molecule has 1 aromatic heterocycles. The van der Waals surface area contributed by atoms with Crippen molar-refractivity contribution >= 4 is 21.8 Å². The zero-order valence-electron chi connectivity index (χ0n) is 12.7. The number of carbonyl (C=O) groups excluding carboxylic acids is 1. The average Bonchev–Trinajstić information content (AvgIpc) is 2.84. The van der Waals surface area contributed by atoms with Gasteiger partial charge in [0.15, 0.2) is 0 Å². The van der Waals surface area contributed by atoms with Gasteiger partial charge in [0.2, 0.25) is 5.91 Å². The molecule has 1 amide bonds. The van der Waals surface area contributed by atoms with E-state index in [0.29, 0.717) is 31.1 Å². The lowest BCUT2D eigenvalue weighted by Crippen LogP contribution is -2.48. The van der Waals surface area contributed by atoms with E-state index in [-0.39, 0.29) is 5.91 Å². The van der Waals surface area contributed by atoms with Crippen LogP contribution < -0.4 is 5.32 Å². The monoisotopic (exact) mass is 354 g/mol. The van der Waals surface area contributed by atoms with Crippen LogP contribution in [0.2, 0.25) is 0 Å². The second kappa shape index (κ2) is 6.08. The van der Waals surface area contributed by atoms with E-state index in [1.807, 2.05) is 17.8 Å². The molecule has 0 spiro atoms. The highest BCUT2D eigenvalue weighted by Gasteiger charge is 2.38. The highest BCUT2D eigenvalue weighted by Crippen LogP contribution is 2.34. The Kier molecular flexibility index (Phi) is 4.36. The van der Waals surface area contributed by atoms with E-state index in [9.17, 15) is 4.79 Å². The largest absolute Gasteiger partial charge is 0.353 e. The maximum Gasteiger partial charge on any atom is 0.222 e. The Labute approximate surface area is 134 Å². The molecule has 1 N–H and O–H groups in total. The molecule has 0 aliphatic carbocycles. The van der Waals surface area contributed by atoms with E-state index in [4.69, 9.17) is 0 Å². The zero-order chi connectivity index (χ0) is 15.0. The quantitative estimate of drug-likeness (QED) is 0.900. The molecule has 2 aliphatic heterocycles. The van der Waals surface area contributed by atoms with Crippen LogP contribution in [-0.4, -0.2) is 45.8 Å². The van der Waals surface area contributed by atoms with Gasteiger partial charge in [-0.05, 0) is 55.6 Å². The summed E-state index contributed by atoms with van der Waals surface area (Å²) in [6, 6.07) is 1.69. The number of nitrogens with one attached hydrogen (secondary N) is 1. The van der Waals surface area contributed by atoms with Crippen LogP contribution in [0.4, 0.5) is 0 Å². The van der Waals surface area contributed by atoms with Crippen LogP contribution >= 0.6 is 15.9 Å². The summed E-state index contributed by atoms with van der Waals surface area (Å²) < 4.78 is 2.83. The second-order valence-corrected chi connectivity index (χ2v) is 7.22. The number of hydrogen-bond donors (Lipinski definition) is 1. The van der Waals surface area contributed by atoms with Crippen molar-refractivity contribution in [3.63, 3.8) is 0 Å². The fourth-order valence-corrected chi connectivity index (χ4v) is 3.97. The van der Waals surface area contributed by atoms with Crippen LogP contribution in [0.15, 0.2) is 10.7 Å². The minimum atomic E-state index is 0.147. The van der Waals surface area contributed by atoms with Crippen LogP contribution in [0.3, 0.4) is 0 Å². The Morgan fingerprint density at radius 2 is 2.10 bits per heavy atom. The highest BCUT2D eigenvalue weighted by molar-refractivity contribution is 9.10. The third kappa shape index (κ3) is 3.31. The van der Waals surface area contributed by atoms with Gasteiger partial charge in [0.05, 0.1) is 10.2 Å². The smallest absolute Gasteiger partial charge is 0.222 e. The van der Waals surface area contributed by atoms with Crippen molar-refractivity contribution in [3.8, 4) is 0 Å². The molecule has 3 rings (SSSR count). The molecule has 6 heteroatoms. The Hall–Kier alpha value is -0.880. The molecular formula is C15H23BrN4O. The average molecular weight is 355 g/mol. The molecular weight excluding hydrogens is 332 g/mol. The molecule has 2 bridgehead atoms. The molecule has 2 atom stereocenters. The number of piperidine rings is 1. The number of amides is 1. The number of aromatic nitrogens is 2. The van der Waals surface area contributed by atoms with Gasteiger partial charge in [0.25, 0.3) is 0 Å². The fraction of sp³-hybridized carbons (Fsp3) is 0.733. The summed E-state index contributed by atoms with van der Waals surface area (Å²) in [4.78, 5) is 14.6. The Balaban J connectivity index is 1.46. The summed E-state index contributed by atoms with van der Waals surface area (Å²) >= 11 is 3.44. The Morgan fingerprint density at radius 3 is 2.67 bits per heavy atom. The van der Waals surface area contributed by atoms with Gasteiger partial charge in [-0.1, -0.05) is 0 Å².